The number of ether oxygens (including phenoxy) is 1. The number of methoxy groups -OCH3 is 1. The Morgan fingerprint density at radius 3 is 2.41 bits per heavy atom. The third kappa shape index (κ3) is 3.33. The summed E-state index contributed by atoms with van der Waals surface area (Å²) in [5.41, 5.74) is 4.11. The smallest absolute Gasteiger partial charge is 0.118 e. The number of benzene rings is 3. The van der Waals surface area contributed by atoms with Gasteiger partial charge in [0, 0.05) is 32.8 Å². The molecule has 0 radical (unpaired) electrons. The molecule has 4 aromatic rings. The van der Waals surface area contributed by atoms with Crippen LogP contribution in [0.5, 0.6) is 5.75 Å². The fraction of sp³-hybridized carbons (Fsp3) is 0.130. The molecule has 3 aromatic carbocycles. The van der Waals surface area contributed by atoms with E-state index in [2.05, 4.69) is 81.8 Å². The molecule has 2 N–H and O–H groups in total. The molecule has 0 amide bonds. The van der Waals surface area contributed by atoms with E-state index in [0.29, 0.717) is 0 Å². The van der Waals surface area contributed by atoms with Gasteiger partial charge in [0.15, 0.2) is 0 Å². The molecule has 27 heavy (non-hydrogen) atoms. The van der Waals surface area contributed by atoms with Gasteiger partial charge < -0.3 is 15.0 Å². The van der Waals surface area contributed by atoms with Crippen molar-refractivity contribution in [3.8, 4) is 5.75 Å². The Morgan fingerprint density at radius 1 is 0.963 bits per heavy atom. The van der Waals surface area contributed by atoms with E-state index < -0.39 is 5.54 Å². The molecule has 4 heteroatoms. The highest BCUT2D eigenvalue weighted by molar-refractivity contribution is 9.10. The zero-order valence-corrected chi connectivity index (χ0v) is 16.9. The summed E-state index contributed by atoms with van der Waals surface area (Å²) in [6, 6.07) is 24.9. The first kappa shape index (κ1) is 17.7. The third-order valence-electron chi connectivity index (χ3n) is 5.02. The predicted octanol–water partition coefficient (Wildman–Crippen LogP) is 6.31. The van der Waals surface area contributed by atoms with Crippen LogP contribution >= 0.6 is 15.9 Å². The van der Waals surface area contributed by atoms with Crippen LogP contribution in [0.3, 0.4) is 0 Å². The molecule has 0 saturated heterocycles. The third-order valence-corrected chi connectivity index (χ3v) is 5.51. The molecule has 1 atom stereocenters. The Morgan fingerprint density at radius 2 is 1.70 bits per heavy atom. The fourth-order valence-corrected chi connectivity index (χ4v) is 3.90. The van der Waals surface area contributed by atoms with E-state index in [-0.39, 0.29) is 0 Å². The first-order chi connectivity index (χ1) is 13.1. The minimum Gasteiger partial charge on any atom is -0.497 e. The summed E-state index contributed by atoms with van der Waals surface area (Å²) in [6.07, 6.45) is 2.09. The van der Waals surface area contributed by atoms with Crippen molar-refractivity contribution in [3.63, 3.8) is 0 Å². The summed E-state index contributed by atoms with van der Waals surface area (Å²) in [4.78, 5) is 3.41. The van der Waals surface area contributed by atoms with Gasteiger partial charge >= 0.3 is 0 Å². The summed E-state index contributed by atoms with van der Waals surface area (Å²) in [7, 11) is 1.69. The first-order valence-electron chi connectivity index (χ1n) is 8.85. The van der Waals surface area contributed by atoms with E-state index in [1.807, 2.05) is 30.3 Å². The molecular formula is C23H21BrN2O. The molecule has 1 aromatic heterocycles. The predicted molar refractivity (Wildman–Crippen MR) is 116 cm³/mol. The monoisotopic (exact) mass is 420 g/mol. The van der Waals surface area contributed by atoms with Gasteiger partial charge in [-0.15, -0.1) is 0 Å². The van der Waals surface area contributed by atoms with Crippen LogP contribution in [-0.2, 0) is 5.54 Å². The van der Waals surface area contributed by atoms with Crippen molar-refractivity contribution in [2.24, 2.45) is 0 Å². The topological polar surface area (TPSA) is 37.0 Å². The van der Waals surface area contributed by atoms with Crippen LogP contribution in [0.4, 0.5) is 5.69 Å². The molecular weight excluding hydrogens is 400 g/mol. The zero-order valence-electron chi connectivity index (χ0n) is 15.3. The summed E-state index contributed by atoms with van der Waals surface area (Å²) in [5, 5.41) is 4.93. The average Bonchev–Trinajstić information content (AvgIpc) is 3.12. The number of nitrogens with one attached hydrogen (secondary N) is 2. The van der Waals surface area contributed by atoms with Crippen LogP contribution in [0.1, 0.15) is 18.1 Å². The quantitative estimate of drug-likeness (QED) is 0.396. The summed E-state index contributed by atoms with van der Waals surface area (Å²) in [6.45, 7) is 2.21. The molecule has 0 aliphatic carbocycles. The van der Waals surface area contributed by atoms with Gasteiger partial charge in [-0.25, -0.2) is 0 Å². The molecule has 1 heterocycles. The van der Waals surface area contributed by atoms with Crippen molar-refractivity contribution in [1.82, 2.24) is 4.98 Å². The minimum absolute atomic E-state index is 0.424. The van der Waals surface area contributed by atoms with Gasteiger partial charge in [0.25, 0.3) is 0 Å². The lowest BCUT2D eigenvalue weighted by atomic mass is 9.84. The molecule has 0 aliphatic heterocycles. The molecule has 136 valence electrons. The number of fused-ring (bicyclic) bond motifs is 1. The van der Waals surface area contributed by atoms with Crippen LogP contribution in [0, 0.1) is 0 Å². The number of hydrogen-bond donors (Lipinski definition) is 2. The van der Waals surface area contributed by atoms with Crippen LogP contribution in [0.25, 0.3) is 10.9 Å². The standard InChI is InChI=1S/C23H21BrN2O/c1-23(26-18-6-4-3-5-7-18,16-8-11-19(27-2)12-9-16)21-15-25-22-13-10-17(24)14-20(21)22/h3-15,25-26H,1-2H3. The Hall–Kier alpha value is -2.72. The van der Waals surface area contributed by atoms with Crippen LogP contribution < -0.4 is 10.1 Å². The highest BCUT2D eigenvalue weighted by Crippen LogP contribution is 2.38. The molecule has 4 rings (SSSR count). The summed E-state index contributed by atoms with van der Waals surface area (Å²) < 4.78 is 6.41. The molecule has 0 spiro atoms. The van der Waals surface area contributed by atoms with Gasteiger partial charge in [-0.2, -0.15) is 0 Å². The van der Waals surface area contributed by atoms with E-state index in [1.165, 1.54) is 10.9 Å². The SMILES string of the molecule is COc1ccc(C(C)(Nc2ccccc2)c2c[nH]c3ccc(Br)cc23)cc1. The van der Waals surface area contributed by atoms with Gasteiger partial charge in [-0.3, -0.25) is 0 Å². The highest BCUT2D eigenvalue weighted by Gasteiger charge is 2.31. The van der Waals surface area contributed by atoms with E-state index >= 15 is 0 Å². The maximum absolute atomic E-state index is 5.34. The minimum atomic E-state index is -0.424. The van der Waals surface area contributed by atoms with Crippen molar-refractivity contribution < 1.29 is 4.74 Å². The fourth-order valence-electron chi connectivity index (χ4n) is 3.54. The second kappa shape index (κ2) is 7.12. The van der Waals surface area contributed by atoms with Gasteiger partial charge in [0.2, 0.25) is 0 Å². The number of aromatic amines is 1. The number of aromatic nitrogens is 1. The highest BCUT2D eigenvalue weighted by atomic mass is 79.9. The van der Waals surface area contributed by atoms with Gasteiger partial charge in [0.1, 0.15) is 5.75 Å². The Kier molecular flexibility index (Phi) is 4.66. The number of halogens is 1. The first-order valence-corrected chi connectivity index (χ1v) is 9.64. The Bertz CT molecular complexity index is 1060. The number of H-pyrrole nitrogens is 1. The molecule has 0 fully saturated rings. The van der Waals surface area contributed by atoms with Gasteiger partial charge in [-0.05, 0) is 55.0 Å². The van der Waals surface area contributed by atoms with Crippen molar-refractivity contribution in [2.75, 3.05) is 12.4 Å². The van der Waals surface area contributed by atoms with Crippen molar-refractivity contribution in [2.45, 2.75) is 12.5 Å². The Labute approximate surface area is 167 Å². The largest absolute Gasteiger partial charge is 0.497 e. The van der Waals surface area contributed by atoms with E-state index in [1.54, 1.807) is 7.11 Å². The number of rotatable bonds is 5. The normalized spacial score (nSPS) is 13.3. The van der Waals surface area contributed by atoms with E-state index in [0.717, 1.165) is 27.0 Å². The maximum Gasteiger partial charge on any atom is 0.118 e. The van der Waals surface area contributed by atoms with Crippen LogP contribution in [0.2, 0.25) is 0 Å². The zero-order chi connectivity index (χ0) is 18.9. The molecule has 0 bridgehead atoms. The summed E-state index contributed by atoms with van der Waals surface area (Å²) >= 11 is 3.61. The molecule has 3 nitrogen and oxygen atoms in total. The van der Waals surface area contributed by atoms with Crippen LogP contribution in [-0.4, -0.2) is 12.1 Å². The molecule has 0 saturated carbocycles. The number of hydrogen-bond acceptors (Lipinski definition) is 2. The van der Waals surface area contributed by atoms with Crippen molar-refractivity contribution >= 4 is 32.5 Å². The van der Waals surface area contributed by atoms with E-state index in [9.17, 15) is 0 Å². The maximum atomic E-state index is 5.34. The second-order valence-corrected chi connectivity index (χ2v) is 7.65. The number of para-hydroxylation sites is 1. The molecule has 0 aliphatic rings. The van der Waals surface area contributed by atoms with E-state index in [4.69, 9.17) is 4.74 Å². The summed E-state index contributed by atoms with van der Waals surface area (Å²) in [5.74, 6) is 0.850. The van der Waals surface area contributed by atoms with Crippen molar-refractivity contribution in [3.05, 3.63) is 94.6 Å². The lowest BCUT2D eigenvalue weighted by molar-refractivity contribution is 0.414. The Balaban J connectivity index is 1.89. The lowest BCUT2D eigenvalue weighted by Gasteiger charge is -2.33. The van der Waals surface area contributed by atoms with Crippen LogP contribution in [0.15, 0.2) is 83.5 Å². The number of anilines is 1. The lowest BCUT2D eigenvalue weighted by Crippen LogP contribution is -2.33. The van der Waals surface area contributed by atoms with Gasteiger partial charge in [-0.1, -0.05) is 46.3 Å². The average molecular weight is 421 g/mol. The van der Waals surface area contributed by atoms with Crippen molar-refractivity contribution in [1.29, 1.82) is 0 Å². The molecule has 1 unspecified atom stereocenters. The second-order valence-electron chi connectivity index (χ2n) is 6.74. The van der Waals surface area contributed by atoms with Gasteiger partial charge in [0.05, 0.1) is 12.6 Å².